The summed E-state index contributed by atoms with van der Waals surface area (Å²) in [7, 11) is 0. The number of hydrogen-bond donors (Lipinski definition) is 1. The van der Waals surface area contributed by atoms with Crippen LogP contribution in [-0.2, 0) is 6.42 Å². The molecule has 0 saturated carbocycles. The molecule has 2 aromatic rings. The van der Waals surface area contributed by atoms with Gasteiger partial charge in [0.1, 0.15) is 5.75 Å². The Morgan fingerprint density at radius 1 is 1.25 bits per heavy atom. The second-order valence-electron chi connectivity index (χ2n) is 5.67. The van der Waals surface area contributed by atoms with Crippen molar-refractivity contribution < 1.29 is 9.26 Å². The van der Waals surface area contributed by atoms with Crippen LogP contribution in [0, 0.1) is 5.92 Å². The number of anilines is 1. The van der Waals surface area contributed by atoms with Gasteiger partial charge in [0.05, 0.1) is 6.10 Å². The first-order valence-corrected chi connectivity index (χ1v) is 6.98. The highest BCUT2D eigenvalue weighted by atomic mass is 16.5. The summed E-state index contributed by atoms with van der Waals surface area (Å²) in [6.45, 7) is 8.30. The van der Waals surface area contributed by atoms with Crippen LogP contribution in [0.2, 0.25) is 0 Å². The smallest absolute Gasteiger partial charge is 0.172 e. The SMILES string of the molecule is CC(C)Cc1c(N)noc1-c1cccc(OC(C)C)c1. The van der Waals surface area contributed by atoms with Crippen molar-refractivity contribution in [1.29, 1.82) is 0 Å². The fraction of sp³-hybridized carbons (Fsp3) is 0.438. The van der Waals surface area contributed by atoms with Crippen LogP contribution in [0.5, 0.6) is 5.75 Å². The van der Waals surface area contributed by atoms with E-state index in [1.54, 1.807) is 0 Å². The summed E-state index contributed by atoms with van der Waals surface area (Å²) in [5, 5.41) is 3.90. The number of ether oxygens (including phenoxy) is 1. The number of nitrogens with zero attached hydrogens (tertiary/aromatic N) is 1. The second-order valence-corrected chi connectivity index (χ2v) is 5.67. The summed E-state index contributed by atoms with van der Waals surface area (Å²) in [4.78, 5) is 0. The van der Waals surface area contributed by atoms with Crippen molar-refractivity contribution in [2.24, 2.45) is 5.92 Å². The largest absolute Gasteiger partial charge is 0.491 e. The summed E-state index contributed by atoms with van der Waals surface area (Å²) in [5.74, 6) is 2.53. The maximum Gasteiger partial charge on any atom is 0.172 e. The standard InChI is InChI=1S/C16H22N2O2/c1-10(2)8-14-15(20-18-16(14)17)12-6-5-7-13(9-12)19-11(3)4/h5-7,9-11H,8H2,1-4H3,(H2,17,18). The predicted octanol–water partition coefficient (Wildman–Crippen LogP) is 3.91. The van der Waals surface area contributed by atoms with Crippen LogP contribution < -0.4 is 10.5 Å². The van der Waals surface area contributed by atoms with Gasteiger partial charge in [-0.1, -0.05) is 31.1 Å². The van der Waals surface area contributed by atoms with Gasteiger partial charge in [-0.05, 0) is 38.3 Å². The van der Waals surface area contributed by atoms with E-state index < -0.39 is 0 Å². The molecule has 4 nitrogen and oxygen atoms in total. The lowest BCUT2D eigenvalue weighted by atomic mass is 9.99. The van der Waals surface area contributed by atoms with E-state index in [0.29, 0.717) is 11.7 Å². The molecule has 0 unspecified atom stereocenters. The Hall–Kier alpha value is -1.97. The predicted molar refractivity (Wildman–Crippen MR) is 80.7 cm³/mol. The summed E-state index contributed by atoms with van der Waals surface area (Å²) >= 11 is 0. The first-order valence-electron chi connectivity index (χ1n) is 6.98. The molecular formula is C16H22N2O2. The molecule has 0 spiro atoms. The zero-order chi connectivity index (χ0) is 14.7. The topological polar surface area (TPSA) is 61.3 Å². The lowest BCUT2D eigenvalue weighted by Gasteiger charge is -2.11. The van der Waals surface area contributed by atoms with Crippen molar-refractivity contribution in [2.45, 2.75) is 40.2 Å². The van der Waals surface area contributed by atoms with E-state index in [4.69, 9.17) is 15.0 Å². The van der Waals surface area contributed by atoms with Crippen molar-refractivity contribution in [3.05, 3.63) is 29.8 Å². The molecule has 0 atom stereocenters. The molecule has 2 rings (SSSR count). The van der Waals surface area contributed by atoms with Crippen LogP contribution in [0.15, 0.2) is 28.8 Å². The van der Waals surface area contributed by atoms with Gasteiger partial charge < -0.3 is 15.0 Å². The Labute approximate surface area is 119 Å². The molecular weight excluding hydrogens is 252 g/mol. The van der Waals surface area contributed by atoms with Crippen LogP contribution in [0.25, 0.3) is 11.3 Å². The van der Waals surface area contributed by atoms with Gasteiger partial charge >= 0.3 is 0 Å². The van der Waals surface area contributed by atoms with Crippen molar-refractivity contribution in [3.8, 4) is 17.1 Å². The summed E-state index contributed by atoms with van der Waals surface area (Å²) < 4.78 is 11.1. The highest BCUT2D eigenvalue weighted by Crippen LogP contribution is 2.31. The zero-order valence-corrected chi connectivity index (χ0v) is 12.5. The third-order valence-electron chi connectivity index (χ3n) is 2.90. The molecule has 0 radical (unpaired) electrons. The molecule has 0 aliphatic heterocycles. The van der Waals surface area contributed by atoms with Crippen LogP contribution in [0.1, 0.15) is 33.3 Å². The fourth-order valence-electron chi connectivity index (χ4n) is 2.14. The maximum absolute atomic E-state index is 5.91. The Morgan fingerprint density at radius 3 is 2.65 bits per heavy atom. The molecule has 1 aromatic heterocycles. The quantitative estimate of drug-likeness (QED) is 0.898. The van der Waals surface area contributed by atoms with E-state index in [1.165, 1.54) is 0 Å². The zero-order valence-electron chi connectivity index (χ0n) is 12.5. The molecule has 0 aliphatic carbocycles. The van der Waals surface area contributed by atoms with Crippen molar-refractivity contribution in [1.82, 2.24) is 5.16 Å². The number of rotatable bonds is 5. The first-order chi connectivity index (χ1) is 9.47. The minimum atomic E-state index is 0.139. The Balaban J connectivity index is 2.36. The molecule has 1 heterocycles. The highest BCUT2D eigenvalue weighted by molar-refractivity contribution is 5.67. The number of nitrogens with two attached hydrogens (primary N) is 1. The average Bonchev–Trinajstić information content (AvgIpc) is 2.70. The summed E-state index contributed by atoms with van der Waals surface area (Å²) in [6, 6.07) is 7.83. The van der Waals surface area contributed by atoms with Gasteiger partial charge in [0.2, 0.25) is 0 Å². The summed E-state index contributed by atoms with van der Waals surface area (Å²) in [6.07, 6.45) is 0.986. The van der Waals surface area contributed by atoms with Gasteiger partial charge in [0, 0.05) is 11.1 Å². The van der Waals surface area contributed by atoms with Crippen LogP contribution in [-0.4, -0.2) is 11.3 Å². The minimum absolute atomic E-state index is 0.139. The van der Waals surface area contributed by atoms with Crippen LogP contribution in [0.3, 0.4) is 0 Å². The van der Waals surface area contributed by atoms with Crippen molar-refractivity contribution in [2.75, 3.05) is 5.73 Å². The van der Waals surface area contributed by atoms with Gasteiger partial charge in [-0.2, -0.15) is 0 Å². The summed E-state index contributed by atoms with van der Waals surface area (Å²) in [5.41, 5.74) is 7.83. The lowest BCUT2D eigenvalue weighted by molar-refractivity contribution is 0.242. The normalized spacial score (nSPS) is 11.3. The number of nitrogen functional groups attached to an aromatic ring is 1. The van der Waals surface area contributed by atoms with Crippen LogP contribution >= 0.6 is 0 Å². The number of benzene rings is 1. The number of hydrogen-bond acceptors (Lipinski definition) is 4. The Morgan fingerprint density at radius 2 is 2.00 bits per heavy atom. The van der Waals surface area contributed by atoms with E-state index in [-0.39, 0.29) is 6.10 Å². The van der Waals surface area contributed by atoms with E-state index in [2.05, 4.69) is 19.0 Å². The highest BCUT2D eigenvalue weighted by Gasteiger charge is 2.17. The molecule has 0 aliphatic rings. The molecule has 0 amide bonds. The van der Waals surface area contributed by atoms with E-state index in [0.717, 1.165) is 29.1 Å². The Bertz CT molecular complexity index is 574. The lowest BCUT2D eigenvalue weighted by Crippen LogP contribution is -2.05. The minimum Gasteiger partial charge on any atom is -0.491 e. The maximum atomic E-state index is 5.91. The molecule has 0 saturated heterocycles. The monoisotopic (exact) mass is 274 g/mol. The molecule has 20 heavy (non-hydrogen) atoms. The molecule has 0 bridgehead atoms. The van der Waals surface area contributed by atoms with Gasteiger partial charge in [0.15, 0.2) is 11.6 Å². The molecule has 4 heteroatoms. The van der Waals surface area contributed by atoms with E-state index in [1.807, 2.05) is 38.1 Å². The second kappa shape index (κ2) is 5.99. The molecule has 1 aromatic carbocycles. The number of aromatic nitrogens is 1. The third-order valence-corrected chi connectivity index (χ3v) is 2.90. The van der Waals surface area contributed by atoms with Gasteiger partial charge in [-0.15, -0.1) is 0 Å². The molecule has 2 N–H and O–H groups in total. The average molecular weight is 274 g/mol. The molecule has 0 fully saturated rings. The van der Waals surface area contributed by atoms with E-state index in [9.17, 15) is 0 Å². The van der Waals surface area contributed by atoms with Gasteiger partial charge in [-0.3, -0.25) is 0 Å². The Kier molecular flexibility index (Phi) is 4.32. The first kappa shape index (κ1) is 14.4. The van der Waals surface area contributed by atoms with E-state index >= 15 is 0 Å². The van der Waals surface area contributed by atoms with Gasteiger partial charge in [-0.25, -0.2) is 0 Å². The van der Waals surface area contributed by atoms with Crippen LogP contribution in [0.4, 0.5) is 5.82 Å². The third kappa shape index (κ3) is 3.32. The molecule has 108 valence electrons. The van der Waals surface area contributed by atoms with Gasteiger partial charge in [0.25, 0.3) is 0 Å². The van der Waals surface area contributed by atoms with Crippen molar-refractivity contribution in [3.63, 3.8) is 0 Å². The fourth-order valence-corrected chi connectivity index (χ4v) is 2.14. The van der Waals surface area contributed by atoms with Crippen molar-refractivity contribution >= 4 is 5.82 Å².